The first-order valence-electron chi connectivity index (χ1n) is 14.5. The van der Waals surface area contributed by atoms with Crippen molar-refractivity contribution in [2.75, 3.05) is 37.6 Å². The van der Waals surface area contributed by atoms with E-state index in [1.165, 1.54) is 42.5 Å². The van der Waals surface area contributed by atoms with E-state index in [1.54, 1.807) is 30.3 Å². The van der Waals surface area contributed by atoms with Crippen molar-refractivity contribution in [2.45, 2.75) is 27.2 Å². The van der Waals surface area contributed by atoms with Gasteiger partial charge in [0.15, 0.2) is 18.4 Å². The fourth-order valence-electron chi connectivity index (χ4n) is 4.68. The summed E-state index contributed by atoms with van der Waals surface area (Å²) in [5.41, 5.74) is 1.53. The largest absolute Gasteiger partial charge is 0.467 e. The highest BCUT2D eigenvalue weighted by Gasteiger charge is 2.23. The van der Waals surface area contributed by atoms with Crippen LogP contribution < -0.4 is 15.4 Å². The molecule has 2 aromatic carbocycles. The van der Waals surface area contributed by atoms with Crippen LogP contribution in [0.5, 0.6) is 5.75 Å². The smallest absolute Gasteiger partial charge is 0.407 e. The molecule has 4 rings (SSSR count). The van der Waals surface area contributed by atoms with Crippen LogP contribution in [0, 0.1) is 22.6 Å². The Morgan fingerprint density at radius 3 is 2.51 bits per heavy atom. The van der Waals surface area contributed by atoms with Crippen LogP contribution in [-0.4, -0.2) is 59.9 Å². The predicted octanol–water partition coefficient (Wildman–Crippen LogP) is 6.61. The number of hydrogen-bond donors (Lipinski definition) is 3. The summed E-state index contributed by atoms with van der Waals surface area (Å²) in [5.74, 6) is -1.61. The second-order valence-electron chi connectivity index (χ2n) is 11.7. The first kappa shape index (κ1) is 34.1. The topological polar surface area (TPSA) is 167 Å². The maximum atomic E-state index is 14.2. The molecule has 0 bridgehead atoms. The van der Waals surface area contributed by atoms with Crippen LogP contribution in [0.1, 0.15) is 43.3 Å². The van der Waals surface area contributed by atoms with E-state index in [1.807, 2.05) is 20.8 Å². The van der Waals surface area contributed by atoms with Crippen molar-refractivity contribution >= 4 is 29.4 Å². The molecule has 0 saturated carbocycles. The van der Waals surface area contributed by atoms with Gasteiger partial charge in [-0.05, 0) is 53.4 Å². The van der Waals surface area contributed by atoms with Crippen molar-refractivity contribution in [3.63, 3.8) is 0 Å². The zero-order valence-corrected chi connectivity index (χ0v) is 26.3. The number of aromatic nitrogens is 1. The SMILES string of the molecule is COCOc1cc(F)ccc1-c1cc(-c2cccc(NC(=O)CCN(CC(C)(C)C)C(=O)O)c2)c(C#N)c(NC(=O)c2ccco2)n1. The van der Waals surface area contributed by atoms with Gasteiger partial charge < -0.3 is 34.5 Å². The molecule has 0 fully saturated rings. The Hall–Kier alpha value is -5.74. The van der Waals surface area contributed by atoms with Crippen LogP contribution in [0.3, 0.4) is 0 Å². The van der Waals surface area contributed by atoms with Gasteiger partial charge in [0.1, 0.15) is 23.2 Å². The molecule has 0 spiro atoms. The van der Waals surface area contributed by atoms with Crippen molar-refractivity contribution < 1.29 is 37.8 Å². The number of amides is 3. The first-order valence-corrected chi connectivity index (χ1v) is 14.5. The minimum Gasteiger partial charge on any atom is -0.467 e. The molecule has 0 aliphatic carbocycles. The van der Waals surface area contributed by atoms with Gasteiger partial charge in [0.05, 0.1) is 12.0 Å². The summed E-state index contributed by atoms with van der Waals surface area (Å²) < 4.78 is 30.0. The van der Waals surface area contributed by atoms with E-state index < -0.39 is 23.7 Å². The van der Waals surface area contributed by atoms with Crippen LogP contribution in [-0.2, 0) is 9.53 Å². The number of halogens is 1. The number of carbonyl (C=O) groups excluding carboxylic acids is 2. The minimum absolute atomic E-state index is 0.00823. The Balaban J connectivity index is 1.72. The minimum atomic E-state index is -1.11. The van der Waals surface area contributed by atoms with Gasteiger partial charge in [0.25, 0.3) is 5.91 Å². The molecule has 3 amide bonds. The third-order valence-corrected chi connectivity index (χ3v) is 6.66. The van der Waals surface area contributed by atoms with Gasteiger partial charge in [-0.15, -0.1) is 0 Å². The van der Waals surface area contributed by atoms with E-state index in [4.69, 9.17) is 13.9 Å². The number of nitrogens with one attached hydrogen (secondary N) is 2. The molecule has 13 heteroatoms. The van der Waals surface area contributed by atoms with Crippen molar-refractivity contribution in [3.05, 3.63) is 84.1 Å². The number of nitrogens with zero attached hydrogens (tertiary/aromatic N) is 3. The molecule has 0 saturated heterocycles. The summed E-state index contributed by atoms with van der Waals surface area (Å²) in [6.07, 6.45) is 0.142. The molecule has 0 aliphatic rings. The van der Waals surface area contributed by atoms with E-state index in [0.717, 1.165) is 6.07 Å². The third kappa shape index (κ3) is 9.15. The fraction of sp³-hybridized carbons (Fsp3) is 0.265. The predicted molar refractivity (Wildman–Crippen MR) is 171 cm³/mol. The number of carbonyl (C=O) groups is 3. The van der Waals surface area contributed by atoms with Gasteiger partial charge in [-0.2, -0.15) is 5.26 Å². The lowest BCUT2D eigenvalue weighted by molar-refractivity contribution is -0.116. The van der Waals surface area contributed by atoms with Crippen molar-refractivity contribution in [3.8, 4) is 34.2 Å². The second-order valence-corrected chi connectivity index (χ2v) is 11.7. The van der Waals surface area contributed by atoms with Gasteiger partial charge in [-0.3, -0.25) is 9.59 Å². The Morgan fingerprint density at radius 2 is 1.85 bits per heavy atom. The Labute approximate surface area is 270 Å². The number of furan rings is 1. The highest BCUT2D eigenvalue weighted by atomic mass is 19.1. The fourth-order valence-corrected chi connectivity index (χ4v) is 4.68. The summed E-state index contributed by atoms with van der Waals surface area (Å²) in [7, 11) is 1.42. The molecule has 2 aromatic heterocycles. The molecule has 47 heavy (non-hydrogen) atoms. The molecule has 12 nitrogen and oxygen atoms in total. The molecular formula is C34H34FN5O7. The average molecular weight is 644 g/mol. The lowest BCUT2D eigenvalue weighted by atomic mass is 9.96. The lowest BCUT2D eigenvalue weighted by Gasteiger charge is -2.27. The van der Waals surface area contributed by atoms with E-state index in [-0.39, 0.29) is 60.3 Å². The van der Waals surface area contributed by atoms with Crippen LogP contribution in [0.4, 0.5) is 20.7 Å². The van der Waals surface area contributed by atoms with Gasteiger partial charge in [0.2, 0.25) is 5.91 Å². The van der Waals surface area contributed by atoms with Gasteiger partial charge in [0, 0.05) is 49.5 Å². The molecule has 0 aliphatic heterocycles. The molecule has 4 aromatic rings. The maximum absolute atomic E-state index is 14.2. The Morgan fingerprint density at radius 1 is 1.06 bits per heavy atom. The van der Waals surface area contributed by atoms with Crippen molar-refractivity contribution in [1.82, 2.24) is 9.88 Å². The van der Waals surface area contributed by atoms with Crippen molar-refractivity contribution in [2.24, 2.45) is 5.41 Å². The van der Waals surface area contributed by atoms with Gasteiger partial charge in [-0.1, -0.05) is 32.9 Å². The van der Waals surface area contributed by atoms with E-state index in [2.05, 4.69) is 21.7 Å². The highest BCUT2D eigenvalue weighted by Crippen LogP contribution is 2.37. The normalized spacial score (nSPS) is 11.0. The summed E-state index contributed by atoms with van der Waals surface area (Å²) in [4.78, 5) is 43.2. The molecule has 2 heterocycles. The average Bonchev–Trinajstić information content (AvgIpc) is 3.57. The Bertz CT molecular complexity index is 1800. The summed E-state index contributed by atoms with van der Waals surface area (Å²) in [6.45, 7) is 5.82. The van der Waals surface area contributed by atoms with E-state index in [0.29, 0.717) is 22.4 Å². The van der Waals surface area contributed by atoms with Gasteiger partial charge in [-0.25, -0.2) is 14.2 Å². The molecular weight excluding hydrogens is 609 g/mol. The lowest BCUT2D eigenvalue weighted by Crippen LogP contribution is -2.38. The van der Waals surface area contributed by atoms with Crippen LogP contribution >= 0.6 is 0 Å². The number of methoxy groups -OCH3 is 1. The zero-order valence-electron chi connectivity index (χ0n) is 26.3. The van der Waals surface area contributed by atoms with Crippen LogP contribution in [0.15, 0.2) is 71.3 Å². The number of ether oxygens (including phenoxy) is 2. The van der Waals surface area contributed by atoms with Crippen molar-refractivity contribution in [1.29, 1.82) is 5.26 Å². The third-order valence-electron chi connectivity index (χ3n) is 6.66. The quantitative estimate of drug-likeness (QED) is 0.144. The number of nitriles is 1. The van der Waals surface area contributed by atoms with E-state index >= 15 is 0 Å². The van der Waals surface area contributed by atoms with Crippen LogP contribution in [0.2, 0.25) is 0 Å². The van der Waals surface area contributed by atoms with Gasteiger partial charge >= 0.3 is 6.09 Å². The molecule has 0 atom stereocenters. The standard InChI is InChI=1S/C34H34FN5O7/c1-34(2,3)19-40(33(43)44)13-12-30(41)37-23-8-5-7-21(15-23)25-17-27(24-11-10-22(35)16-29(24)47-20-45-4)38-31(26(25)18-36)39-32(42)28-9-6-14-46-28/h5-11,14-17H,12-13,19-20H2,1-4H3,(H,37,41)(H,43,44)(H,38,39,42). The summed E-state index contributed by atoms with van der Waals surface area (Å²) in [5, 5.41) is 25.2. The monoisotopic (exact) mass is 643 g/mol. The number of carboxylic acid groups (broad SMARTS) is 1. The number of anilines is 2. The molecule has 0 radical (unpaired) electrons. The summed E-state index contributed by atoms with van der Waals surface area (Å²) >= 11 is 0. The number of rotatable bonds is 12. The van der Waals surface area contributed by atoms with Crippen LogP contribution in [0.25, 0.3) is 22.4 Å². The molecule has 3 N–H and O–H groups in total. The summed E-state index contributed by atoms with van der Waals surface area (Å²) in [6, 6.07) is 17.2. The highest BCUT2D eigenvalue weighted by molar-refractivity contribution is 6.03. The first-order chi connectivity index (χ1) is 22.4. The van der Waals surface area contributed by atoms with E-state index in [9.17, 15) is 29.1 Å². The molecule has 0 unspecified atom stereocenters. The number of benzene rings is 2. The zero-order chi connectivity index (χ0) is 34.1. The maximum Gasteiger partial charge on any atom is 0.407 e. The second kappa shape index (κ2) is 15.0. The Kier molecular flexibility index (Phi) is 10.9. The molecule has 244 valence electrons. The number of pyridine rings is 1. The number of hydrogen-bond acceptors (Lipinski definition) is 8.